The predicted molar refractivity (Wildman–Crippen MR) is 46.3 cm³/mol. The van der Waals surface area contributed by atoms with Crippen LogP contribution in [0.25, 0.3) is 0 Å². The summed E-state index contributed by atoms with van der Waals surface area (Å²) in [5.74, 6) is 0.650. The fourth-order valence-electron chi connectivity index (χ4n) is 1.45. The second-order valence-electron chi connectivity index (χ2n) is 3.29. The van der Waals surface area contributed by atoms with Crippen LogP contribution in [-0.2, 0) is 16.0 Å². The minimum absolute atomic E-state index is 0.447. The maximum absolute atomic E-state index is 9.92. The van der Waals surface area contributed by atoms with Crippen LogP contribution >= 0.6 is 0 Å². The molecule has 0 radical (unpaired) electrons. The number of aromatic amines is 1. The van der Waals surface area contributed by atoms with E-state index in [9.17, 15) is 4.79 Å². The normalized spacial score (nSPS) is 15.7. The molecule has 4 heteroatoms. The van der Waals surface area contributed by atoms with Gasteiger partial charge in [0.25, 0.3) is 6.47 Å². The predicted octanol–water partition coefficient (Wildman–Crippen LogP) is 1.00. The van der Waals surface area contributed by atoms with Crippen molar-refractivity contribution in [2.45, 2.75) is 25.2 Å². The molecule has 0 bridgehead atoms. The number of hydrogen-bond acceptors (Lipinski definition) is 3. The summed E-state index contributed by atoms with van der Waals surface area (Å²) in [4.78, 5) is 9.92. The number of H-pyrrole nitrogens is 1. The quantitative estimate of drug-likeness (QED) is 0.543. The summed E-state index contributed by atoms with van der Waals surface area (Å²) in [5, 5.41) is 7.04. The number of carbonyl (C=O) groups is 1. The van der Waals surface area contributed by atoms with Crippen molar-refractivity contribution in [3.05, 3.63) is 17.5 Å². The van der Waals surface area contributed by atoms with Gasteiger partial charge in [-0.3, -0.25) is 9.89 Å². The molecule has 70 valence electrons. The van der Waals surface area contributed by atoms with Crippen molar-refractivity contribution >= 4 is 6.47 Å². The zero-order valence-electron chi connectivity index (χ0n) is 7.32. The Balaban J connectivity index is 1.94. The smallest absolute Gasteiger partial charge is 0.293 e. The van der Waals surface area contributed by atoms with Gasteiger partial charge in [0.15, 0.2) is 0 Å². The van der Waals surface area contributed by atoms with E-state index in [1.807, 2.05) is 6.20 Å². The Bertz CT molecular complexity index is 292. The molecule has 0 unspecified atom stereocenters. The van der Waals surface area contributed by atoms with E-state index in [1.54, 1.807) is 0 Å². The highest BCUT2D eigenvalue weighted by Gasteiger charge is 2.27. The lowest BCUT2D eigenvalue weighted by Crippen LogP contribution is -1.98. The lowest BCUT2D eigenvalue weighted by atomic mass is 10.1. The van der Waals surface area contributed by atoms with Gasteiger partial charge in [-0.25, -0.2) is 0 Å². The summed E-state index contributed by atoms with van der Waals surface area (Å²) in [6.07, 6.45) is 5.14. The first-order chi connectivity index (χ1) is 6.42. The fraction of sp³-hybridized carbons (Fsp3) is 0.556. The van der Waals surface area contributed by atoms with Crippen molar-refractivity contribution in [2.75, 3.05) is 6.61 Å². The van der Waals surface area contributed by atoms with Gasteiger partial charge in [-0.2, -0.15) is 5.10 Å². The Morgan fingerprint density at radius 3 is 3.23 bits per heavy atom. The molecule has 0 aromatic carbocycles. The van der Waals surface area contributed by atoms with Gasteiger partial charge in [-0.15, -0.1) is 0 Å². The number of nitrogens with one attached hydrogen (secondary N) is 1. The highest BCUT2D eigenvalue weighted by Crippen LogP contribution is 2.40. The average Bonchev–Trinajstić information content (AvgIpc) is 2.88. The zero-order chi connectivity index (χ0) is 9.10. The Kier molecular flexibility index (Phi) is 2.29. The van der Waals surface area contributed by atoms with Crippen LogP contribution in [0.2, 0.25) is 0 Å². The molecule has 1 saturated carbocycles. The van der Waals surface area contributed by atoms with Crippen molar-refractivity contribution in [1.29, 1.82) is 0 Å². The van der Waals surface area contributed by atoms with Crippen molar-refractivity contribution in [3.8, 4) is 0 Å². The second-order valence-corrected chi connectivity index (χ2v) is 3.29. The van der Waals surface area contributed by atoms with Crippen molar-refractivity contribution in [2.24, 2.45) is 0 Å². The topological polar surface area (TPSA) is 55.0 Å². The van der Waals surface area contributed by atoms with Crippen molar-refractivity contribution in [3.63, 3.8) is 0 Å². The van der Waals surface area contributed by atoms with Gasteiger partial charge in [0, 0.05) is 18.5 Å². The van der Waals surface area contributed by atoms with E-state index >= 15 is 0 Å². The zero-order valence-corrected chi connectivity index (χ0v) is 7.32. The van der Waals surface area contributed by atoms with Gasteiger partial charge in [-0.05, 0) is 18.4 Å². The summed E-state index contributed by atoms with van der Waals surface area (Å²) in [6.45, 7) is 0.930. The van der Waals surface area contributed by atoms with E-state index in [1.165, 1.54) is 18.4 Å². The fourth-order valence-corrected chi connectivity index (χ4v) is 1.45. The van der Waals surface area contributed by atoms with Gasteiger partial charge in [0.2, 0.25) is 0 Å². The first-order valence-electron chi connectivity index (χ1n) is 4.49. The molecular formula is C9H12N2O2. The molecule has 1 N–H and O–H groups in total. The lowest BCUT2D eigenvalue weighted by molar-refractivity contribution is -0.128. The molecule has 0 aliphatic heterocycles. The summed E-state index contributed by atoms with van der Waals surface area (Å²) in [7, 11) is 0. The summed E-state index contributed by atoms with van der Waals surface area (Å²) >= 11 is 0. The maximum atomic E-state index is 9.92. The Morgan fingerprint density at radius 2 is 2.54 bits per heavy atom. The van der Waals surface area contributed by atoms with Crippen LogP contribution in [0.5, 0.6) is 0 Å². The van der Waals surface area contributed by atoms with Gasteiger partial charge < -0.3 is 4.74 Å². The second kappa shape index (κ2) is 3.60. The highest BCUT2D eigenvalue weighted by molar-refractivity contribution is 5.37. The number of aromatic nitrogens is 2. The van der Waals surface area contributed by atoms with Crippen LogP contribution in [0.3, 0.4) is 0 Å². The Labute approximate surface area is 76.3 Å². The van der Waals surface area contributed by atoms with Crippen LogP contribution in [0.4, 0.5) is 0 Å². The van der Waals surface area contributed by atoms with E-state index in [0.29, 0.717) is 19.0 Å². The molecule has 1 heterocycles. The van der Waals surface area contributed by atoms with E-state index in [4.69, 9.17) is 0 Å². The SMILES string of the molecule is O=COCCc1c[nH]nc1C1CC1. The van der Waals surface area contributed by atoms with E-state index in [2.05, 4.69) is 14.9 Å². The Morgan fingerprint density at radius 1 is 1.69 bits per heavy atom. The van der Waals surface area contributed by atoms with Crippen LogP contribution < -0.4 is 0 Å². The van der Waals surface area contributed by atoms with E-state index in [0.717, 1.165) is 12.1 Å². The van der Waals surface area contributed by atoms with Crippen molar-refractivity contribution < 1.29 is 9.53 Å². The van der Waals surface area contributed by atoms with Gasteiger partial charge in [-0.1, -0.05) is 0 Å². The van der Waals surface area contributed by atoms with Gasteiger partial charge in [0.05, 0.1) is 12.3 Å². The monoisotopic (exact) mass is 180 g/mol. The third-order valence-corrected chi connectivity index (χ3v) is 2.27. The molecular weight excluding hydrogens is 168 g/mol. The number of nitrogens with zero attached hydrogens (tertiary/aromatic N) is 1. The molecule has 1 aromatic rings. The Hall–Kier alpha value is -1.32. The summed E-state index contributed by atoms with van der Waals surface area (Å²) in [6, 6.07) is 0. The van der Waals surface area contributed by atoms with Crippen molar-refractivity contribution in [1.82, 2.24) is 10.2 Å². The van der Waals surface area contributed by atoms with Crippen LogP contribution in [-0.4, -0.2) is 23.3 Å². The largest absolute Gasteiger partial charge is 0.468 e. The molecule has 0 amide bonds. The maximum Gasteiger partial charge on any atom is 0.293 e. The summed E-state index contributed by atoms with van der Waals surface area (Å²) in [5.41, 5.74) is 2.35. The molecule has 0 atom stereocenters. The minimum atomic E-state index is 0.447. The van der Waals surface area contributed by atoms with Gasteiger partial charge in [0.1, 0.15) is 0 Å². The third-order valence-electron chi connectivity index (χ3n) is 2.27. The number of ether oxygens (including phenoxy) is 1. The van der Waals surface area contributed by atoms with Gasteiger partial charge >= 0.3 is 0 Å². The molecule has 2 rings (SSSR count). The molecule has 13 heavy (non-hydrogen) atoms. The summed E-state index contributed by atoms with van der Waals surface area (Å²) < 4.78 is 4.64. The third kappa shape index (κ3) is 1.88. The molecule has 1 aromatic heterocycles. The molecule has 1 fully saturated rings. The van der Waals surface area contributed by atoms with Crippen LogP contribution in [0.1, 0.15) is 30.0 Å². The first-order valence-corrected chi connectivity index (χ1v) is 4.49. The molecule has 0 spiro atoms. The molecule has 1 aliphatic carbocycles. The molecule has 4 nitrogen and oxygen atoms in total. The first kappa shape index (κ1) is 8.29. The number of carbonyl (C=O) groups excluding carboxylic acids is 1. The molecule has 1 aliphatic rings. The van der Waals surface area contributed by atoms with Crippen LogP contribution in [0, 0.1) is 0 Å². The van der Waals surface area contributed by atoms with Crippen LogP contribution in [0.15, 0.2) is 6.20 Å². The number of hydrogen-bond donors (Lipinski definition) is 1. The highest BCUT2D eigenvalue weighted by atomic mass is 16.5. The molecule has 0 saturated heterocycles. The number of rotatable bonds is 5. The minimum Gasteiger partial charge on any atom is -0.468 e. The standard InChI is InChI=1S/C9H12N2O2/c12-6-13-4-3-8-5-10-11-9(8)7-1-2-7/h5-7H,1-4H2,(H,10,11). The average molecular weight is 180 g/mol. The lowest BCUT2D eigenvalue weighted by Gasteiger charge is -1.98. The van der Waals surface area contributed by atoms with E-state index < -0.39 is 0 Å². The van der Waals surface area contributed by atoms with E-state index in [-0.39, 0.29) is 0 Å².